The monoisotopic (exact) mass is 286 g/mol. The van der Waals surface area contributed by atoms with Crippen molar-refractivity contribution in [3.8, 4) is 11.5 Å². The van der Waals surface area contributed by atoms with E-state index in [2.05, 4.69) is 10.6 Å². The summed E-state index contributed by atoms with van der Waals surface area (Å²) in [5.41, 5.74) is 0. The molecule has 5 nitrogen and oxygen atoms in total. The van der Waals surface area contributed by atoms with Gasteiger partial charge in [0.15, 0.2) is 6.61 Å². The van der Waals surface area contributed by atoms with E-state index in [1.807, 2.05) is 12.1 Å². The van der Waals surface area contributed by atoms with Gasteiger partial charge in [-0.2, -0.15) is 0 Å². The van der Waals surface area contributed by atoms with Crippen molar-refractivity contribution in [2.24, 2.45) is 0 Å². The Bertz CT molecular complexity index is 409. The van der Waals surface area contributed by atoms with Gasteiger partial charge in [0.25, 0.3) is 5.91 Å². The molecule has 1 unspecified atom stereocenters. The Morgan fingerprint density at radius 2 is 2.26 bits per heavy atom. The highest BCUT2D eigenvalue weighted by atomic mass is 35.5. The summed E-state index contributed by atoms with van der Waals surface area (Å²) in [6.07, 6.45) is 0.977. The third kappa shape index (κ3) is 4.96. The Hall–Kier alpha value is -1.46. The van der Waals surface area contributed by atoms with Gasteiger partial charge >= 0.3 is 0 Å². The van der Waals surface area contributed by atoms with Crippen LogP contribution in [0.2, 0.25) is 0 Å². The third-order valence-corrected chi connectivity index (χ3v) is 2.84. The molecule has 1 fully saturated rings. The number of nitrogens with one attached hydrogen (secondary N) is 2. The van der Waals surface area contributed by atoms with E-state index in [4.69, 9.17) is 9.47 Å². The number of halogens is 1. The van der Waals surface area contributed by atoms with Crippen LogP contribution in [-0.4, -0.2) is 38.8 Å². The fourth-order valence-electron chi connectivity index (χ4n) is 1.89. The zero-order valence-electron chi connectivity index (χ0n) is 10.8. The quantitative estimate of drug-likeness (QED) is 0.847. The van der Waals surface area contributed by atoms with Gasteiger partial charge in [-0.1, -0.05) is 6.07 Å². The summed E-state index contributed by atoms with van der Waals surface area (Å²) in [7, 11) is 1.60. The molecule has 0 aromatic heterocycles. The molecule has 0 saturated carbocycles. The van der Waals surface area contributed by atoms with Crippen LogP contribution in [0.5, 0.6) is 11.5 Å². The van der Waals surface area contributed by atoms with Gasteiger partial charge in [-0.25, -0.2) is 0 Å². The van der Waals surface area contributed by atoms with Gasteiger partial charge < -0.3 is 20.1 Å². The van der Waals surface area contributed by atoms with Crippen molar-refractivity contribution in [1.29, 1.82) is 0 Å². The maximum atomic E-state index is 11.6. The van der Waals surface area contributed by atoms with E-state index < -0.39 is 0 Å². The lowest BCUT2D eigenvalue weighted by molar-refractivity contribution is -0.123. The standard InChI is InChI=1S/C13H18N2O3.ClH/c1-17-11-3-2-4-12(7-11)18-9-13(16)15-10-5-6-14-8-10;/h2-4,7,10,14H,5-6,8-9H2,1H3,(H,15,16);1H. The fourth-order valence-corrected chi connectivity index (χ4v) is 1.89. The first-order chi connectivity index (χ1) is 8.78. The number of rotatable bonds is 5. The van der Waals surface area contributed by atoms with Crippen molar-refractivity contribution in [2.75, 3.05) is 26.8 Å². The molecule has 19 heavy (non-hydrogen) atoms. The number of carbonyl (C=O) groups excluding carboxylic acids is 1. The molecule has 106 valence electrons. The van der Waals surface area contributed by atoms with Crippen LogP contribution in [0.1, 0.15) is 6.42 Å². The number of ether oxygens (including phenoxy) is 2. The van der Waals surface area contributed by atoms with Crippen LogP contribution in [0.25, 0.3) is 0 Å². The maximum Gasteiger partial charge on any atom is 0.258 e. The van der Waals surface area contributed by atoms with Crippen LogP contribution < -0.4 is 20.1 Å². The van der Waals surface area contributed by atoms with E-state index in [1.165, 1.54) is 0 Å². The predicted molar refractivity (Wildman–Crippen MR) is 75.2 cm³/mol. The Morgan fingerprint density at radius 3 is 2.95 bits per heavy atom. The first-order valence-electron chi connectivity index (χ1n) is 6.05. The molecule has 0 bridgehead atoms. The van der Waals surface area contributed by atoms with Crippen molar-refractivity contribution in [3.63, 3.8) is 0 Å². The molecule has 0 aliphatic carbocycles. The van der Waals surface area contributed by atoms with Crippen LogP contribution >= 0.6 is 12.4 Å². The summed E-state index contributed by atoms with van der Waals surface area (Å²) < 4.78 is 10.5. The minimum Gasteiger partial charge on any atom is -0.497 e. The maximum absolute atomic E-state index is 11.6. The summed E-state index contributed by atoms with van der Waals surface area (Å²) in [6.45, 7) is 1.83. The number of carbonyl (C=O) groups is 1. The van der Waals surface area contributed by atoms with Crippen LogP contribution in [0, 0.1) is 0 Å². The number of hydrogen-bond acceptors (Lipinski definition) is 4. The second-order valence-corrected chi connectivity index (χ2v) is 4.22. The second kappa shape index (κ2) is 7.86. The van der Waals surface area contributed by atoms with Crippen LogP contribution in [-0.2, 0) is 4.79 Å². The van der Waals surface area contributed by atoms with Gasteiger partial charge in [0, 0.05) is 18.7 Å². The number of amides is 1. The second-order valence-electron chi connectivity index (χ2n) is 4.22. The SMILES string of the molecule is COc1cccc(OCC(=O)NC2CCNC2)c1.Cl. The molecule has 1 aromatic rings. The Morgan fingerprint density at radius 1 is 1.47 bits per heavy atom. The summed E-state index contributed by atoms with van der Waals surface area (Å²) in [4.78, 5) is 11.6. The molecule has 6 heteroatoms. The predicted octanol–water partition coefficient (Wildman–Crippen LogP) is 0.974. The summed E-state index contributed by atoms with van der Waals surface area (Å²) in [5, 5.41) is 6.11. The van der Waals surface area contributed by atoms with E-state index in [9.17, 15) is 4.79 Å². The summed E-state index contributed by atoms with van der Waals surface area (Å²) in [5.74, 6) is 1.26. The lowest BCUT2D eigenvalue weighted by Gasteiger charge is -2.12. The topological polar surface area (TPSA) is 59.6 Å². The lowest BCUT2D eigenvalue weighted by Crippen LogP contribution is -2.39. The molecule has 1 aliphatic heterocycles. The van der Waals surface area contributed by atoms with Crippen molar-refractivity contribution in [1.82, 2.24) is 10.6 Å². The molecule has 1 aliphatic rings. The van der Waals surface area contributed by atoms with Crippen molar-refractivity contribution in [3.05, 3.63) is 24.3 Å². The third-order valence-electron chi connectivity index (χ3n) is 2.84. The highest BCUT2D eigenvalue weighted by Gasteiger charge is 2.16. The van der Waals surface area contributed by atoms with E-state index in [1.54, 1.807) is 19.2 Å². The van der Waals surface area contributed by atoms with Gasteiger partial charge in [-0.05, 0) is 25.1 Å². The van der Waals surface area contributed by atoms with E-state index in [-0.39, 0.29) is 31.0 Å². The lowest BCUT2D eigenvalue weighted by atomic mass is 10.2. The fraction of sp³-hybridized carbons (Fsp3) is 0.462. The molecule has 1 saturated heterocycles. The molecular formula is C13H19ClN2O3. The average Bonchev–Trinajstić information content (AvgIpc) is 2.89. The minimum absolute atomic E-state index is 0. The van der Waals surface area contributed by atoms with Crippen molar-refractivity contribution < 1.29 is 14.3 Å². The minimum atomic E-state index is -0.0912. The van der Waals surface area contributed by atoms with Gasteiger partial charge in [0.05, 0.1) is 7.11 Å². The molecule has 2 rings (SSSR count). The van der Waals surface area contributed by atoms with E-state index >= 15 is 0 Å². The molecule has 1 atom stereocenters. The Balaban J connectivity index is 0.00000180. The number of benzene rings is 1. The normalized spacial score (nSPS) is 17.4. The Labute approximate surface area is 119 Å². The molecule has 0 radical (unpaired) electrons. The molecule has 1 aromatic carbocycles. The van der Waals surface area contributed by atoms with E-state index in [0.717, 1.165) is 19.5 Å². The van der Waals surface area contributed by atoms with Gasteiger partial charge in [0.2, 0.25) is 0 Å². The van der Waals surface area contributed by atoms with Gasteiger partial charge in [0.1, 0.15) is 11.5 Å². The molecular weight excluding hydrogens is 268 g/mol. The average molecular weight is 287 g/mol. The van der Waals surface area contributed by atoms with Crippen molar-refractivity contribution in [2.45, 2.75) is 12.5 Å². The van der Waals surface area contributed by atoms with Gasteiger partial charge in [-0.15, -0.1) is 12.4 Å². The number of hydrogen-bond donors (Lipinski definition) is 2. The zero-order chi connectivity index (χ0) is 12.8. The van der Waals surface area contributed by atoms with E-state index in [0.29, 0.717) is 11.5 Å². The summed E-state index contributed by atoms with van der Waals surface area (Å²) in [6, 6.07) is 7.44. The largest absolute Gasteiger partial charge is 0.497 e. The highest BCUT2D eigenvalue weighted by Crippen LogP contribution is 2.18. The molecule has 2 N–H and O–H groups in total. The van der Waals surface area contributed by atoms with Crippen LogP contribution in [0.3, 0.4) is 0 Å². The first kappa shape index (κ1) is 15.6. The molecule has 1 amide bonds. The highest BCUT2D eigenvalue weighted by molar-refractivity contribution is 5.85. The van der Waals surface area contributed by atoms with Crippen LogP contribution in [0.4, 0.5) is 0 Å². The Kier molecular flexibility index (Phi) is 6.45. The van der Waals surface area contributed by atoms with Gasteiger partial charge in [-0.3, -0.25) is 4.79 Å². The molecule has 0 spiro atoms. The van der Waals surface area contributed by atoms with Crippen molar-refractivity contribution >= 4 is 18.3 Å². The summed E-state index contributed by atoms with van der Waals surface area (Å²) >= 11 is 0. The smallest absolute Gasteiger partial charge is 0.258 e. The number of methoxy groups -OCH3 is 1. The molecule has 1 heterocycles. The van der Waals surface area contributed by atoms with Crippen LogP contribution in [0.15, 0.2) is 24.3 Å². The zero-order valence-corrected chi connectivity index (χ0v) is 11.7. The first-order valence-corrected chi connectivity index (χ1v) is 6.05.